The fourth-order valence-electron chi connectivity index (χ4n) is 2.01. The van der Waals surface area contributed by atoms with Crippen LogP contribution in [0.1, 0.15) is 33.1 Å². The number of hydrogen-bond donors (Lipinski definition) is 1. The molecule has 1 rings (SSSR count). The van der Waals surface area contributed by atoms with Crippen molar-refractivity contribution in [2.75, 3.05) is 6.54 Å². The topological polar surface area (TPSA) is 57.6 Å². The predicted octanol–water partition coefficient (Wildman–Crippen LogP) is 1.11. The van der Waals surface area contributed by atoms with Crippen LogP contribution in [0.2, 0.25) is 0 Å². The number of nitrogens with zero attached hydrogens (tertiary/aromatic N) is 1. The van der Waals surface area contributed by atoms with Crippen molar-refractivity contribution in [2.45, 2.75) is 39.2 Å². The van der Waals surface area contributed by atoms with Crippen LogP contribution in [0, 0.1) is 5.92 Å². The van der Waals surface area contributed by atoms with E-state index in [0.29, 0.717) is 12.5 Å². The van der Waals surface area contributed by atoms with Crippen LogP contribution in [0.3, 0.4) is 0 Å². The number of likely N-dealkylation sites (tertiary alicyclic amines) is 1. The molecule has 80 valence electrons. The molecule has 1 N–H and O–H groups in total. The van der Waals surface area contributed by atoms with Gasteiger partial charge in [0.05, 0.1) is 0 Å². The summed E-state index contributed by atoms with van der Waals surface area (Å²) in [5.74, 6) is -0.656. The van der Waals surface area contributed by atoms with Crippen LogP contribution in [0.5, 0.6) is 0 Å². The first-order chi connectivity index (χ1) is 6.50. The van der Waals surface area contributed by atoms with E-state index in [4.69, 9.17) is 5.11 Å². The third kappa shape index (κ3) is 2.72. The molecule has 0 radical (unpaired) electrons. The van der Waals surface area contributed by atoms with Crippen molar-refractivity contribution >= 4 is 11.9 Å². The number of carboxylic acid groups (broad SMARTS) is 1. The molecule has 0 aliphatic carbocycles. The van der Waals surface area contributed by atoms with Gasteiger partial charge in [-0.3, -0.25) is 9.59 Å². The molecular formula is C10H17NO3. The number of carbonyl (C=O) groups excluding carboxylic acids is 1. The number of hydrogen-bond acceptors (Lipinski definition) is 2. The molecule has 0 aromatic rings. The molecular weight excluding hydrogens is 182 g/mol. The maximum absolute atomic E-state index is 11.5. The molecule has 14 heavy (non-hydrogen) atoms. The van der Waals surface area contributed by atoms with Gasteiger partial charge in [-0.15, -0.1) is 0 Å². The van der Waals surface area contributed by atoms with Crippen LogP contribution in [0.15, 0.2) is 0 Å². The second-order valence-corrected chi connectivity index (χ2v) is 4.14. The van der Waals surface area contributed by atoms with Crippen LogP contribution in [-0.4, -0.2) is 34.5 Å². The summed E-state index contributed by atoms with van der Waals surface area (Å²) in [5, 5.41) is 8.51. The van der Waals surface area contributed by atoms with Crippen molar-refractivity contribution in [2.24, 2.45) is 5.92 Å². The number of carboxylic acids is 1. The highest BCUT2D eigenvalue weighted by Gasteiger charge is 2.27. The molecule has 0 spiro atoms. The molecule has 1 aliphatic heterocycles. The zero-order valence-corrected chi connectivity index (χ0v) is 8.69. The Bertz CT molecular complexity index is 240. The van der Waals surface area contributed by atoms with Crippen molar-refractivity contribution < 1.29 is 14.7 Å². The van der Waals surface area contributed by atoms with Crippen molar-refractivity contribution in [3.05, 3.63) is 0 Å². The molecule has 1 fully saturated rings. The lowest BCUT2D eigenvalue weighted by molar-refractivity contribution is -0.146. The second-order valence-electron chi connectivity index (χ2n) is 4.14. The van der Waals surface area contributed by atoms with Gasteiger partial charge in [-0.1, -0.05) is 6.92 Å². The molecule has 4 nitrogen and oxygen atoms in total. The smallest absolute Gasteiger partial charge is 0.312 e. The second kappa shape index (κ2) is 4.44. The summed E-state index contributed by atoms with van der Waals surface area (Å²) in [7, 11) is 0. The normalized spacial score (nSPS) is 27.4. The Balaban J connectivity index is 2.51. The molecule has 1 saturated heterocycles. The zero-order valence-electron chi connectivity index (χ0n) is 8.69. The van der Waals surface area contributed by atoms with Gasteiger partial charge in [0.25, 0.3) is 0 Å². The van der Waals surface area contributed by atoms with Gasteiger partial charge in [0.15, 0.2) is 0 Å². The fraction of sp³-hybridized carbons (Fsp3) is 0.800. The first-order valence-electron chi connectivity index (χ1n) is 5.02. The van der Waals surface area contributed by atoms with E-state index < -0.39 is 5.97 Å². The van der Waals surface area contributed by atoms with Gasteiger partial charge in [-0.05, 0) is 25.7 Å². The summed E-state index contributed by atoms with van der Waals surface area (Å²) < 4.78 is 0. The molecule has 0 aromatic carbocycles. The van der Waals surface area contributed by atoms with Gasteiger partial charge >= 0.3 is 5.97 Å². The van der Waals surface area contributed by atoms with E-state index in [1.807, 2.05) is 6.92 Å². The van der Waals surface area contributed by atoms with Crippen molar-refractivity contribution in [3.8, 4) is 0 Å². The maximum atomic E-state index is 11.5. The largest absolute Gasteiger partial charge is 0.481 e. The average Bonchev–Trinajstić information content (AvgIpc) is 2.01. The first kappa shape index (κ1) is 11.0. The van der Waals surface area contributed by atoms with E-state index in [9.17, 15) is 9.59 Å². The highest BCUT2D eigenvalue weighted by molar-refractivity contribution is 5.93. The Labute approximate surface area is 83.9 Å². The standard InChI is InChI=1S/C10H17NO3/c1-7-3-4-11(8(2)5-7)9(12)6-10(13)14/h7-8H,3-6H2,1-2H3,(H,13,14). The Morgan fingerprint density at radius 1 is 1.43 bits per heavy atom. The summed E-state index contributed by atoms with van der Waals surface area (Å²) in [4.78, 5) is 23.5. The lowest BCUT2D eigenvalue weighted by atomic mass is 9.93. The Morgan fingerprint density at radius 2 is 2.07 bits per heavy atom. The quantitative estimate of drug-likeness (QED) is 0.678. The third-order valence-corrected chi connectivity index (χ3v) is 2.76. The van der Waals surface area contributed by atoms with E-state index in [1.54, 1.807) is 4.90 Å². The molecule has 2 atom stereocenters. The van der Waals surface area contributed by atoms with E-state index in [-0.39, 0.29) is 18.4 Å². The summed E-state index contributed by atoms with van der Waals surface area (Å²) in [6, 6.07) is 0.186. The summed E-state index contributed by atoms with van der Waals surface area (Å²) in [6.07, 6.45) is 1.58. The average molecular weight is 199 g/mol. The van der Waals surface area contributed by atoms with Gasteiger partial charge in [0, 0.05) is 12.6 Å². The third-order valence-electron chi connectivity index (χ3n) is 2.76. The molecule has 4 heteroatoms. The van der Waals surface area contributed by atoms with Crippen molar-refractivity contribution in [3.63, 3.8) is 0 Å². The number of piperidine rings is 1. The monoisotopic (exact) mass is 199 g/mol. The van der Waals surface area contributed by atoms with Crippen LogP contribution < -0.4 is 0 Å². The van der Waals surface area contributed by atoms with E-state index >= 15 is 0 Å². The highest BCUT2D eigenvalue weighted by atomic mass is 16.4. The lowest BCUT2D eigenvalue weighted by Gasteiger charge is -2.36. The molecule has 0 aromatic heterocycles. The predicted molar refractivity (Wildman–Crippen MR) is 51.8 cm³/mol. The molecule has 1 heterocycles. The summed E-state index contributed by atoms with van der Waals surface area (Å²) in [5.41, 5.74) is 0. The maximum Gasteiger partial charge on any atom is 0.312 e. The van der Waals surface area contributed by atoms with Crippen LogP contribution >= 0.6 is 0 Å². The number of rotatable bonds is 2. The molecule has 1 aliphatic rings. The first-order valence-corrected chi connectivity index (χ1v) is 5.02. The number of aliphatic carboxylic acids is 1. The minimum Gasteiger partial charge on any atom is -0.481 e. The van der Waals surface area contributed by atoms with Crippen molar-refractivity contribution in [1.82, 2.24) is 4.90 Å². The molecule has 2 unspecified atom stereocenters. The van der Waals surface area contributed by atoms with E-state index in [0.717, 1.165) is 12.8 Å². The Kier molecular flexibility index (Phi) is 3.49. The lowest BCUT2D eigenvalue weighted by Crippen LogP contribution is -2.44. The molecule has 0 bridgehead atoms. The minimum atomic E-state index is -1.04. The number of amides is 1. The minimum absolute atomic E-state index is 0.186. The van der Waals surface area contributed by atoms with Gasteiger partial charge in [0.1, 0.15) is 6.42 Å². The van der Waals surface area contributed by atoms with Crippen molar-refractivity contribution in [1.29, 1.82) is 0 Å². The van der Waals surface area contributed by atoms with Gasteiger partial charge in [-0.25, -0.2) is 0 Å². The fourth-order valence-corrected chi connectivity index (χ4v) is 2.01. The highest BCUT2D eigenvalue weighted by Crippen LogP contribution is 2.22. The van der Waals surface area contributed by atoms with Crippen LogP contribution in [0.25, 0.3) is 0 Å². The van der Waals surface area contributed by atoms with E-state index in [1.165, 1.54) is 0 Å². The van der Waals surface area contributed by atoms with Crippen LogP contribution in [-0.2, 0) is 9.59 Å². The number of carbonyl (C=O) groups is 2. The summed E-state index contributed by atoms with van der Waals surface area (Å²) in [6.45, 7) is 4.85. The molecule has 0 saturated carbocycles. The molecule has 1 amide bonds. The van der Waals surface area contributed by atoms with Gasteiger partial charge in [-0.2, -0.15) is 0 Å². The van der Waals surface area contributed by atoms with Gasteiger partial charge < -0.3 is 10.0 Å². The summed E-state index contributed by atoms with van der Waals surface area (Å²) >= 11 is 0. The van der Waals surface area contributed by atoms with E-state index in [2.05, 4.69) is 6.92 Å². The van der Waals surface area contributed by atoms with Crippen LogP contribution in [0.4, 0.5) is 0 Å². The Morgan fingerprint density at radius 3 is 2.57 bits per heavy atom. The SMILES string of the molecule is CC1CCN(C(=O)CC(=O)O)C(C)C1. The Hall–Kier alpha value is -1.06. The zero-order chi connectivity index (χ0) is 10.7. The van der Waals surface area contributed by atoms with Gasteiger partial charge in [0.2, 0.25) is 5.91 Å².